The van der Waals surface area contributed by atoms with Gasteiger partial charge >= 0.3 is 0 Å². The summed E-state index contributed by atoms with van der Waals surface area (Å²) >= 11 is 5.88. The molecule has 1 saturated heterocycles. The number of rotatable bonds is 5. The van der Waals surface area contributed by atoms with Crippen molar-refractivity contribution in [3.05, 3.63) is 29.3 Å². The van der Waals surface area contributed by atoms with E-state index in [0.29, 0.717) is 13.0 Å². The summed E-state index contributed by atoms with van der Waals surface area (Å²) in [4.78, 5) is 13.9. The van der Waals surface area contributed by atoms with Gasteiger partial charge in [0.2, 0.25) is 5.91 Å². The zero-order chi connectivity index (χ0) is 13.7. The van der Waals surface area contributed by atoms with Crippen molar-refractivity contribution >= 4 is 23.2 Å². The Kier molecular flexibility index (Phi) is 5.05. The third-order valence-electron chi connectivity index (χ3n) is 3.28. The molecule has 1 fully saturated rings. The van der Waals surface area contributed by atoms with E-state index in [2.05, 4.69) is 10.2 Å². The Morgan fingerprint density at radius 3 is 2.89 bits per heavy atom. The van der Waals surface area contributed by atoms with Crippen molar-refractivity contribution in [1.82, 2.24) is 5.32 Å². The Morgan fingerprint density at radius 1 is 1.47 bits per heavy atom. The first-order chi connectivity index (χ1) is 9.19. The van der Waals surface area contributed by atoms with Gasteiger partial charge in [-0.05, 0) is 30.7 Å². The third-order valence-corrected chi connectivity index (χ3v) is 3.53. The molecule has 4 nitrogen and oxygen atoms in total. The molecule has 0 saturated carbocycles. The van der Waals surface area contributed by atoms with E-state index in [0.717, 1.165) is 30.2 Å². The molecule has 1 aromatic carbocycles. The molecular weight excluding hydrogens is 264 g/mol. The fraction of sp³-hybridized carbons (Fsp3) is 0.500. The van der Waals surface area contributed by atoms with E-state index in [1.54, 1.807) is 7.11 Å². The van der Waals surface area contributed by atoms with Crippen molar-refractivity contribution in [3.63, 3.8) is 0 Å². The number of carbonyl (C=O) groups is 1. The van der Waals surface area contributed by atoms with Crippen LogP contribution >= 0.6 is 11.6 Å². The number of benzene rings is 1. The average molecular weight is 283 g/mol. The molecule has 1 amide bonds. The zero-order valence-electron chi connectivity index (χ0n) is 11.1. The predicted molar refractivity (Wildman–Crippen MR) is 76.7 cm³/mol. The second-order valence-electron chi connectivity index (χ2n) is 4.72. The third kappa shape index (κ3) is 4.11. The molecule has 1 heterocycles. The first-order valence-corrected chi connectivity index (χ1v) is 6.85. The molecule has 0 spiro atoms. The lowest BCUT2D eigenvalue weighted by Gasteiger charge is -2.19. The number of amides is 1. The number of nitrogens with zero attached hydrogens (tertiary/aromatic N) is 1. The van der Waals surface area contributed by atoms with Gasteiger partial charge in [0.15, 0.2) is 0 Å². The molecule has 0 radical (unpaired) electrons. The summed E-state index contributed by atoms with van der Waals surface area (Å²) < 4.78 is 4.89. The van der Waals surface area contributed by atoms with Crippen molar-refractivity contribution in [2.75, 3.05) is 31.7 Å². The number of anilines is 1. The number of methoxy groups -OCH3 is 1. The van der Waals surface area contributed by atoms with Crippen molar-refractivity contribution < 1.29 is 9.53 Å². The summed E-state index contributed by atoms with van der Waals surface area (Å²) in [5, 5.41) is 3.78. The Bertz CT molecular complexity index is 422. The molecule has 5 heteroatoms. The molecule has 0 aromatic heterocycles. The topological polar surface area (TPSA) is 41.6 Å². The molecule has 1 aliphatic rings. The molecule has 2 rings (SSSR count). The Labute approximate surface area is 118 Å². The van der Waals surface area contributed by atoms with E-state index in [9.17, 15) is 4.79 Å². The van der Waals surface area contributed by atoms with Crippen LogP contribution in [0.3, 0.4) is 0 Å². The minimum absolute atomic E-state index is 0.0600. The predicted octanol–water partition coefficient (Wildman–Crippen LogP) is 2.07. The fourth-order valence-corrected chi connectivity index (χ4v) is 2.39. The van der Waals surface area contributed by atoms with Gasteiger partial charge in [0.25, 0.3) is 0 Å². The molecular formula is C14H19ClN2O2. The van der Waals surface area contributed by atoms with Crippen LogP contribution in [0.5, 0.6) is 0 Å². The van der Waals surface area contributed by atoms with Gasteiger partial charge in [-0.25, -0.2) is 0 Å². The zero-order valence-corrected chi connectivity index (χ0v) is 11.8. The van der Waals surface area contributed by atoms with Crippen molar-refractivity contribution in [2.24, 2.45) is 0 Å². The van der Waals surface area contributed by atoms with E-state index in [-0.39, 0.29) is 11.9 Å². The standard InChI is InChI=1S/C14H19ClN2O2/c1-19-9-7-14(18)16-12-6-8-17(10-12)13-4-2-11(15)3-5-13/h2-5,12H,6-10H2,1H3,(H,16,18). The van der Waals surface area contributed by atoms with E-state index >= 15 is 0 Å². The van der Waals surface area contributed by atoms with Crippen LogP contribution < -0.4 is 10.2 Å². The fourth-order valence-electron chi connectivity index (χ4n) is 2.26. The summed E-state index contributed by atoms with van der Waals surface area (Å²) in [6, 6.07) is 8.03. The van der Waals surface area contributed by atoms with Crippen molar-refractivity contribution in [3.8, 4) is 0 Å². The molecule has 19 heavy (non-hydrogen) atoms. The normalized spacial score (nSPS) is 18.6. The smallest absolute Gasteiger partial charge is 0.222 e. The maximum Gasteiger partial charge on any atom is 0.222 e. The Balaban J connectivity index is 1.83. The number of hydrogen-bond donors (Lipinski definition) is 1. The van der Waals surface area contributed by atoms with Crippen LogP contribution in [0.4, 0.5) is 5.69 Å². The van der Waals surface area contributed by atoms with Gasteiger partial charge in [0.05, 0.1) is 6.61 Å². The summed E-state index contributed by atoms with van der Waals surface area (Å²) in [5.74, 6) is 0.0600. The highest BCUT2D eigenvalue weighted by Gasteiger charge is 2.23. The molecule has 1 aliphatic heterocycles. The largest absolute Gasteiger partial charge is 0.384 e. The molecule has 0 bridgehead atoms. The summed E-state index contributed by atoms with van der Waals surface area (Å²) in [6.07, 6.45) is 1.40. The Morgan fingerprint density at radius 2 is 2.21 bits per heavy atom. The number of nitrogens with one attached hydrogen (secondary N) is 1. The summed E-state index contributed by atoms with van der Waals surface area (Å²) in [7, 11) is 1.60. The minimum Gasteiger partial charge on any atom is -0.384 e. The van der Waals surface area contributed by atoms with Gasteiger partial charge < -0.3 is 15.0 Å². The first kappa shape index (κ1) is 14.2. The van der Waals surface area contributed by atoms with Gasteiger partial charge in [-0.2, -0.15) is 0 Å². The second-order valence-corrected chi connectivity index (χ2v) is 5.15. The van der Waals surface area contributed by atoms with E-state index in [4.69, 9.17) is 16.3 Å². The maximum atomic E-state index is 11.6. The average Bonchev–Trinajstić information content (AvgIpc) is 2.85. The van der Waals surface area contributed by atoms with Crippen LogP contribution in [-0.4, -0.2) is 38.8 Å². The van der Waals surface area contributed by atoms with Crippen LogP contribution in [0.1, 0.15) is 12.8 Å². The highest BCUT2D eigenvalue weighted by Crippen LogP contribution is 2.22. The number of hydrogen-bond acceptors (Lipinski definition) is 3. The highest BCUT2D eigenvalue weighted by atomic mass is 35.5. The van der Waals surface area contributed by atoms with Gasteiger partial charge in [-0.1, -0.05) is 11.6 Å². The molecule has 0 aliphatic carbocycles. The molecule has 1 atom stereocenters. The van der Waals surface area contributed by atoms with Crippen molar-refractivity contribution in [1.29, 1.82) is 0 Å². The van der Waals surface area contributed by atoms with Crippen LogP contribution in [0, 0.1) is 0 Å². The van der Waals surface area contributed by atoms with Crippen LogP contribution in [0.15, 0.2) is 24.3 Å². The molecule has 104 valence electrons. The monoisotopic (exact) mass is 282 g/mol. The highest BCUT2D eigenvalue weighted by molar-refractivity contribution is 6.30. The molecule has 1 N–H and O–H groups in total. The van der Waals surface area contributed by atoms with Crippen LogP contribution in [0.2, 0.25) is 5.02 Å². The number of halogens is 1. The number of ether oxygens (including phenoxy) is 1. The summed E-state index contributed by atoms with van der Waals surface area (Å²) in [5.41, 5.74) is 1.15. The Hall–Kier alpha value is -1.26. The second kappa shape index (κ2) is 6.78. The van der Waals surface area contributed by atoms with Gasteiger partial charge in [-0.15, -0.1) is 0 Å². The van der Waals surface area contributed by atoms with Gasteiger partial charge in [0.1, 0.15) is 0 Å². The van der Waals surface area contributed by atoms with E-state index in [1.165, 1.54) is 0 Å². The quantitative estimate of drug-likeness (QED) is 0.899. The van der Waals surface area contributed by atoms with Crippen LogP contribution in [-0.2, 0) is 9.53 Å². The van der Waals surface area contributed by atoms with E-state index in [1.807, 2.05) is 24.3 Å². The minimum atomic E-state index is 0.0600. The maximum absolute atomic E-state index is 11.6. The first-order valence-electron chi connectivity index (χ1n) is 6.48. The lowest BCUT2D eigenvalue weighted by molar-refractivity contribution is -0.122. The lowest BCUT2D eigenvalue weighted by Crippen LogP contribution is -2.37. The molecule has 1 unspecified atom stereocenters. The SMILES string of the molecule is COCCC(=O)NC1CCN(c2ccc(Cl)cc2)C1. The molecule has 1 aromatic rings. The van der Waals surface area contributed by atoms with Crippen molar-refractivity contribution in [2.45, 2.75) is 18.9 Å². The van der Waals surface area contributed by atoms with Gasteiger partial charge in [-0.3, -0.25) is 4.79 Å². The number of carbonyl (C=O) groups excluding carboxylic acids is 1. The van der Waals surface area contributed by atoms with Gasteiger partial charge in [0, 0.05) is 43.4 Å². The van der Waals surface area contributed by atoms with Crippen LogP contribution in [0.25, 0.3) is 0 Å². The van der Waals surface area contributed by atoms with E-state index < -0.39 is 0 Å². The lowest BCUT2D eigenvalue weighted by atomic mass is 10.2. The summed E-state index contributed by atoms with van der Waals surface area (Å²) in [6.45, 7) is 2.27.